The Morgan fingerprint density at radius 3 is 2.48 bits per heavy atom. The Kier molecular flexibility index (Phi) is 8.40. The van der Waals surface area contributed by atoms with Crippen LogP contribution in [0.2, 0.25) is 0 Å². The number of halogens is 1. The van der Waals surface area contributed by atoms with Crippen LogP contribution in [0.4, 0.5) is 5.69 Å². The third-order valence-electron chi connectivity index (χ3n) is 3.60. The molecule has 118 valence electrons. The predicted molar refractivity (Wildman–Crippen MR) is 88.7 cm³/mol. The molecule has 0 unspecified atom stereocenters. The van der Waals surface area contributed by atoms with Crippen LogP contribution < -0.4 is 4.42 Å². The lowest BCUT2D eigenvalue weighted by atomic mass is 10.0. The van der Waals surface area contributed by atoms with E-state index in [1.54, 1.807) is 0 Å². The monoisotopic (exact) mass is 311 g/mol. The summed E-state index contributed by atoms with van der Waals surface area (Å²) < 4.78 is 6.81. The molecule has 0 N–H and O–H groups in total. The van der Waals surface area contributed by atoms with E-state index in [4.69, 9.17) is 16.5 Å². The van der Waals surface area contributed by atoms with Gasteiger partial charge in [0.1, 0.15) is 0 Å². The van der Waals surface area contributed by atoms with Crippen molar-refractivity contribution in [3.63, 3.8) is 0 Å². The summed E-state index contributed by atoms with van der Waals surface area (Å²) in [6.07, 6.45) is 3.38. The van der Waals surface area contributed by atoms with Gasteiger partial charge in [0.25, 0.3) is 0 Å². The van der Waals surface area contributed by atoms with Crippen LogP contribution >= 0.6 is 11.8 Å². The van der Waals surface area contributed by atoms with Gasteiger partial charge in [-0.25, -0.2) is 4.42 Å². The summed E-state index contributed by atoms with van der Waals surface area (Å²) in [5, 5.41) is 0. The number of amides is 1. The topological polar surface area (TPSA) is 29.5 Å². The Bertz CT molecular complexity index is 433. The molecule has 0 aliphatic rings. The summed E-state index contributed by atoms with van der Waals surface area (Å²) in [6.45, 7) is 7.53. The first-order valence-corrected chi connectivity index (χ1v) is 8.14. The Morgan fingerprint density at radius 1 is 1.19 bits per heavy atom. The van der Waals surface area contributed by atoms with Gasteiger partial charge in [0, 0.05) is 24.3 Å². The fraction of sp³-hybridized carbons (Fsp3) is 0.588. The first kappa shape index (κ1) is 18.0. The van der Waals surface area contributed by atoms with E-state index < -0.39 is 0 Å². The molecule has 0 radical (unpaired) electrons. The summed E-state index contributed by atoms with van der Waals surface area (Å²) >= 11 is 6.30. The zero-order valence-electron chi connectivity index (χ0n) is 13.3. The number of carbonyl (C=O) groups is 1. The number of anilines is 1. The van der Waals surface area contributed by atoms with Crippen LogP contribution in [-0.2, 0) is 16.0 Å². The summed E-state index contributed by atoms with van der Waals surface area (Å²) in [5.74, 6) is -0.0458. The fourth-order valence-electron chi connectivity index (χ4n) is 2.26. The molecule has 1 aromatic rings. The standard InChI is InChI=1S/C17H26ClNO2/c1-4-12-21-13-11-15-9-7-8-10-16(15)19(18)17(20)14(5-2)6-3/h7-10,14H,4-6,11-13H2,1-3H3. The highest BCUT2D eigenvalue weighted by Gasteiger charge is 2.23. The molecule has 0 saturated heterocycles. The van der Waals surface area contributed by atoms with Crippen molar-refractivity contribution in [1.29, 1.82) is 0 Å². The number of carbonyl (C=O) groups excluding carboxylic acids is 1. The van der Waals surface area contributed by atoms with Gasteiger partial charge in [-0.3, -0.25) is 4.79 Å². The number of rotatable bonds is 9. The summed E-state index contributed by atoms with van der Waals surface area (Å²) in [6, 6.07) is 7.76. The average Bonchev–Trinajstić information content (AvgIpc) is 2.52. The summed E-state index contributed by atoms with van der Waals surface area (Å²) in [4.78, 5) is 12.4. The normalized spacial score (nSPS) is 10.9. The maximum Gasteiger partial charge on any atom is 0.244 e. The molecule has 0 atom stereocenters. The largest absolute Gasteiger partial charge is 0.381 e. The molecule has 0 aliphatic heterocycles. The van der Waals surface area contributed by atoms with Gasteiger partial charge in [-0.1, -0.05) is 39.0 Å². The van der Waals surface area contributed by atoms with Crippen molar-refractivity contribution < 1.29 is 9.53 Å². The van der Waals surface area contributed by atoms with Crippen molar-refractivity contribution in [2.45, 2.75) is 46.5 Å². The van der Waals surface area contributed by atoms with Crippen LogP contribution in [0.5, 0.6) is 0 Å². The quantitative estimate of drug-likeness (QED) is 0.493. The van der Waals surface area contributed by atoms with Gasteiger partial charge in [-0.2, -0.15) is 0 Å². The van der Waals surface area contributed by atoms with E-state index in [2.05, 4.69) is 6.92 Å². The molecule has 0 fully saturated rings. The summed E-state index contributed by atoms with van der Waals surface area (Å²) in [7, 11) is 0. The highest BCUT2D eigenvalue weighted by molar-refractivity contribution is 6.37. The minimum Gasteiger partial charge on any atom is -0.381 e. The maximum absolute atomic E-state index is 12.4. The van der Waals surface area contributed by atoms with Crippen LogP contribution in [0.15, 0.2) is 24.3 Å². The maximum atomic E-state index is 12.4. The molecule has 1 amide bonds. The molecule has 0 saturated carbocycles. The third kappa shape index (κ3) is 5.33. The number of ether oxygens (including phenoxy) is 1. The predicted octanol–water partition coefficient (Wildman–Crippen LogP) is 4.58. The molecule has 0 aromatic heterocycles. The van der Waals surface area contributed by atoms with Crippen molar-refractivity contribution in [2.24, 2.45) is 5.92 Å². The Morgan fingerprint density at radius 2 is 1.86 bits per heavy atom. The molecule has 1 aromatic carbocycles. The second-order valence-electron chi connectivity index (χ2n) is 5.12. The number of benzene rings is 1. The highest BCUT2D eigenvalue weighted by Crippen LogP contribution is 2.26. The van der Waals surface area contributed by atoms with Crippen molar-refractivity contribution in [3.05, 3.63) is 29.8 Å². The van der Waals surface area contributed by atoms with Crippen molar-refractivity contribution in [3.8, 4) is 0 Å². The summed E-state index contributed by atoms with van der Waals surface area (Å²) in [5.41, 5.74) is 1.82. The minimum atomic E-state index is -0.0245. The minimum absolute atomic E-state index is 0.0214. The van der Waals surface area contributed by atoms with Gasteiger partial charge in [0.2, 0.25) is 5.91 Å². The van der Waals surface area contributed by atoms with E-state index in [9.17, 15) is 4.79 Å². The van der Waals surface area contributed by atoms with Gasteiger partial charge in [0.05, 0.1) is 12.3 Å². The van der Waals surface area contributed by atoms with E-state index in [0.29, 0.717) is 6.61 Å². The van der Waals surface area contributed by atoms with E-state index in [-0.39, 0.29) is 11.8 Å². The van der Waals surface area contributed by atoms with Crippen LogP contribution in [0.25, 0.3) is 0 Å². The smallest absolute Gasteiger partial charge is 0.244 e. The molecule has 3 nitrogen and oxygen atoms in total. The van der Waals surface area contributed by atoms with E-state index >= 15 is 0 Å². The van der Waals surface area contributed by atoms with Gasteiger partial charge < -0.3 is 4.74 Å². The van der Waals surface area contributed by atoms with Gasteiger partial charge in [-0.05, 0) is 37.3 Å². The molecule has 0 bridgehead atoms. The third-order valence-corrected chi connectivity index (χ3v) is 3.94. The lowest BCUT2D eigenvalue weighted by Crippen LogP contribution is -2.29. The Balaban J connectivity index is 2.79. The highest BCUT2D eigenvalue weighted by atomic mass is 35.5. The lowest BCUT2D eigenvalue weighted by molar-refractivity contribution is -0.121. The molecule has 0 heterocycles. The molecule has 0 aliphatic carbocycles. The zero-order valence-corrected chi connectivity index (χ0v) is 14.0. The first-order valence-electron chi connectivity index (χ1n) is 7.81. The molecular formula is C17H26ClNO2. The number of para-hydroxylation sites is 1. The molecule has 4 heteroatoms. The number of nitrogens with zero attached hydrogens (tertiary/aromatic N) is 1. The molecule has 0 spiro atoms. The number of hydrogen-bond donors (Lipinski definition) is 0. The van der Waals surface area contributed by atoms with Gasteiger partial charge >= 0.3 is 0 Å². The second-order valence-corrected chi connectivity index (χ2v) is 5.46. The van der Waals surface area contributed by atoms with Crippen LogP contribution in [0, 0.1) is 5.92 Å². The van der Waals surface area contributed by atoms with Crippen molar-refractivity contribution in [2.75, 3.05) is 17.6 Å². The van der Waals surface area contributed by atoms with Crippen molar-refractivity contribution >= 4 is 23.4 Å². The van der Waals surface area contributed by atoms with E-state index in [0.717, 1.165) is 43.5 Å². The van der Waals surface area contributed by atoms with E-state index in [1.807, 2.05) is 38.1 Å². The van der Waals surface area contributed by atoms with Crippen LogP contribution in [0.3, 0.4) is 0 Å². The zero-order chi connectivity index (χ0) is 15.7. The Labute approximate surface area is 133 Å². The van der Waals surface area contributed by atoms with E-state index in [1.165, 1.54) is 4.42 Å². The second kappa shape index (κ2) is 9.80. The van der Waals surface area contributed by atoms with Crippen LogP contribution in [-0.4, -0.2) is 19.1 Å². The SMILES string of the molecule is CCCOCCc1ccccc1N(Cl)C(=O)C(CC)CC. The average molecular weight is 312 g/mol. The van der Waals surface area contributed by atoms with Crippen LogP contribution in [0.1, 0.15) is 45.6 Å². The first-order chi connectivity index (χ1) is 10.2. The Hall–Kier alpha value is -1.06. The lowest BCUT2D eigenvalue weighted by Gasteiger charge is -2.22. The molecule has 21 heavy (non-hydrogen) atoms. The van der Waals surface area contributed by atoms with Crippen molar-refractivity contribution in [1.82, 2.24) is 0 Å². The fourth-order valence-corrected chi connectivity index (χ4v) is 2.56. The van der Waals surface area contributed by atoms with Gasteiger partial charge in [-0.15, -0.1) is 0 Å². The molecule has 1 rings (SSSR count). The number of hydrogen-bond acceptors (Lipinski definition) is 2. The molecular weight excluding hydrogens is 286 g/mol. The van der Waals surface area contributed by atoms with Gasteiger partial charge in [0.15, 0.2) is 0 Å².